The van der Waals surface area contributed by atoms with Gasteiger partial charge in [0.25, 0.3) is 0 Å². The molecule has 0 bridgehead atoms. The van der Waals surface area contributed by atoms with E-state index in [1.54, 1.807) is 0 Å². The molecule has 2 atom stereocenters. The lowest BCUT2D eigenvalue weighted by Gasteiger charge is -2.29. The molecule has 0 aliphatic carbocycles. The Kier molecular flexibility index (Phi) is 5.84. The lowest BCUT2D eigenvalue weighted by molar-refractivity contribution is 0.0266. The molecule has 1 aromatic carbocycles. The van der Waals surface area contributed by atoms with E-state index in [1.807, 2.05) is 0 Å². The molecule has 2 unspecified atom stereocenters. The molecule has 3 rings (SSSR count). The van der Waals surface area contributed by atoms with Gasteiger partial charge in [0, 0.05) is 32.1 Å². The van der Waals surface area contributed by atoms with Crippen LogP contribution in [0.2, 0.25) is 0 Å². The van der Waals surface area contributed by atoms with Gasteiger partial charge in [-0.25, -0.2) is 0 Å². The second-order valence-corrected chi connectivity index (χ2v) is 6.59. The third-order valence-electron chi connectivity index (χ3n) is 4.88. The molecular formula is C18H29N3O. The minimum Gasteiger partial charge on any atom is -0.362 e. The van der Waals surface area contributed by atoms with Crippen molar-refractivity contribution in [3.8, 4) is 0 Å². The molecule has 0 radical (unpaired) electrons. The first-order valence-electron chi connectivity index (χ1n) is 8.71. The van der Waals surface area contributed by atoms with Crippen LogP contribution in [0.25, 0.3) is 0 Å². The van der Waals surface area contributed by atoms with Crippen LogP contribution in [0.15, 0.2) is 24.3 Å². The van der Waals surface area contributed by atoms with Gasteiger partial charge in [-0.05, 0) is 36.9 Å². The summed E-state index contributed by atoms with van der Waals surface area (Å²) in [6.07, 6.45) is 5.80. The van der Waals surface area contributed by atoms with Crippen molar-refractivity contribution in [3.05, 3.63) is 35.4 Å². The van der Waals surface area contributed by atoms with E-state index in [9.17, 15) is 0 Å². The van der Waals surface area contributed by atoms with Crippen molar-refractivity contribution in [1.29, 1.82) is 0 Å². The van der Waals surface area contributed by atoms with Crippen molar-refractivity contribution in [2.24, 2.45) is 5.73 Å². The van der Waals surface area contributed by atoms with E-state index < -0.39 is 0 Å². The van der Waals surface area contributed by atoms with Crippen LogP contribution in [0.1, 0.15) is 36.8 Å². The summed E-state index contributed by atoms with van der Waals surface area (Å²) >= 11 is 0. The molecule has 0 saturated carbocycles. The number of hydrogen-bond donors (Lipinski definition) is 2. The van der Waals surface area contributed by atoms with Gasteiger partial charge in [0.2, 0.25) is 0 Å². The Morgan fingerprint density at radius 2 is 2.14 bits per heavy atom. The van der Waals surface area contributed by atoms with Gasteiger partial charge in [0.05, 0.1) is 6.61 Å². The molecule has 4 nitrogen and oxygen atoms in total. The zero-order chi connectivity index (χ0) is 15.2. The number of nitrogens with one attached hydrogen (secondary N) is 1. The summed E-state index contributed by atoms with van der Waals surface area (Å²) in [5, 5.41) is 3.53. The molecule has 3 N–H and O–H groups in total. The minimum absolute atomic E-state index is 0.132. The van der Waals surface area contributed by atoms with Gasteiger partial charge in [0.1, 0.15) is 6.23 Å². The Balaban J connectivity index is 1.35. The fourth-order valence-corrected chi connectivity index (χ4v) is 3.55. The molecule has 1 aromatic rings. The zero-order valence-corrected chi connectivity index (χ0v) is 13.5. The number of fused-ring (bicyclic) bond motifs is 1. The van der Waals surface area contributed by atoms with Gasteiger partial charge >= 0.3 is 0 Å². The first kappa shape index (κ1) is 15.9. The van der Waals surface area contributed by atoms with Crippen molar-refractivity contribution >= 4 is 0 Å². The molecule has 0 spiro atoms. The van der Waals surface area contributed by atoms with Crippen LogP contribution in [0, 0.1) is 0 Å². The van der Waals surface area contributed by atoms with Gasteiger partial charge in [-0.3, -0.25) is 4.90 Å². The molecule has 0 amide bonds. The van der Waals surface area contributed by atoms with Crippen LogP contribution in [0.4, 0.5) is 0 Å². The van der Waals surface area contributed by atoms with Crippen LogP contribution in [0.5, 0.6) is 0 Å². The topological polar surface area (TPSA) is 50.5 Å². The quantitative estimate of drug-likeness (QED) is 0.788. The van der Waals surface area contributed by atoms with Gasteiger partial charge in [-0.2, -0.15) is 0 Å². The fourth-order valence-electron chi connectivity index (χ4n) is 3.55. The number of hydrogen-bond acceptors (Lipinski definition) is 4. The summed E-state index contributed by atoms with van der Waals surface area (Å²) in [4.78, 5) is 2.47. The Labute approximate surface area is 134 Å². The van der Waals surface area contributed by atoms with Gasteiger partial charge in [0.15, 0.2) is 0 Å². The summed E-state index contributed by atoms with van der Waals surface area (Å²) in [5.74, 6) is 0. The highest BCUT2D eigenvalue weighted by molar-refractivity contribution is 5.28. The summed E-state index contributed by atoms with van der Waals surface area (Å²) in [6, 6.07) is 9.30. The van der Waals surface area contributed by atoms with E-state index in [-0.39, 0.29) is 6.23 Å². The van der Waals surface area contributed by atoms with Crippen LogP contribution in [-0.2, 0) is 17.7 Å². The number of ether oxygens (including phenoxy) is 1. The molecule has 122 valence electrons. The lowest BCUT2D eigenvalue weighted by Crippen LogP contribution is -2.41. The maximum Gasteiger partial charge on any atom is 0.107 e. The smallest absolute Gasteiger partial charge is 0.107 e. The van der Waals surface area contributed by atoms with Crippen molar-refractivity contribution in [1.82, 2.24) is 10.2 Å². The third kappa shape index (κ3) is 4.53. The number of nitrogens with two attached hydrogens (primary N) is 1. The average Bonchev–Trinajstić information content (AvgIpc) is 2.55. The van der Waals surface area contributed by atoms with E-state index in [2.05, 4.69) is 34.5 Å². The number of nitrogens with zero attached hydrogens (tertiary/aromatic N) is 1. The van der Waals surface area contributed by atoms with E-state index >= 15 is 0 Å². The van der Waals surface area contributed by atoms with Crippen LogP contribution >= 0.6 is 0 Å². The molecular weight excluding hydrogens is 274 g/mol. The fraction of sp³-hybridized carbons (Fsp3) is 0.667. The molecule has 1 saturated heterocycles. The van der Waals surface area contributed by atoms with Gasteiger partial charge < -0.3 is 15.8 Å². The van der Waals surface area contributed by atoms with E-state index in [1.165, 1.54) is 30.4 Å². The number of benzene rings is 1. The SMILES string of the molecule is NC(CC1CCCCN1)OCCN1CCc2ccccc2C1. The molecule has 2 aliphatic heterocycles. The van der Waals surface area contributed by atoms with Crippen molar-refractivity contribution in [2.75, 3.05) is 26.2 Å². The minimum atomic E-state index is -0.132. The Morgan fingerprint density at radius 3 is 2.95 bits per heavy atom. The largest absolute Gasteiger partial charge is 0.362 e. The lowest BCUT2D eigenvalue weighted by atomic mass is 10.00. The van der Waals surface area contributed by atoms with E-state index in [0.717, 1.165) is 45.6 Å². The molecule has 0 aromatic heterocycles. The standard InChI is InChI=1S/C18H29N3O/c19-18(13-17-7-3-4-9-20-17)22-12-11-21-10-8-15-5-1-2-6-16(15)14-21/h1-2,5-6,17-18,20H,3-4,7-14,19H2. The number of piperidine rings is 1. The first-order valence-corrected chi connectivity index (χ1v) is 8.71. The van der Waals surface area contributed by atoms with Crippen molar-refractivity contribution in [3.63, 3.8) is 0 Å². The van der Waals surface area contributed by atoms with Gasteiger partial charge in [-0.15, -0.1) is 0 Å². The van der Waals surface area contributed by atoms with Crippen LogP contribution in [-0.4, -0.2) is 43.4 Å². The monoisotopic (exact) mass is 303 g/mol. The second kappa shape index (κ2) is 8.06. The van der Waals surface area contributed by atoms with Crippen molar-refractivity contribution in [2.45, 2.75) is 50.9 Å². The highest BCUT2D eigenvalue weighted by atomic mass is 16.5. The maximum atomic E-state index is 6.12. The molecule has 4 heteroatoms. The summed E-state index contributed by atoms with van der Waals surface area (Å²) in [6.45, 7) is 5.00. The van der Waals surface area contributed by atoms with Gasteiger partial charge in [-0.1, -0.05) is 30.7 Å². The molecule has 1 fully saturated rings. The Morgan fingerprint density at radius 1 is 1.27 bits per heavy atom. The predicted molar refractivity (Wildman–Crippen MR) is 89.6 cm³/mol. The van der Waals surface area contributed by atoms with E-state index in [0.29, 0.717) is 6.04 Å². The average molecular weight is 303 g/mol. The molecule has 2 aliphatic rings. The second-order valence-electron chi connectivity index (χ2n) is 6.59. The maximum absolute atomic E-state index is 6.12. The van der Waals surface area contributed by atoms with Crippen LogP contribution in [0.3, 0.4) is 0 Å². The van der Waals surface area contributed by atoms with E-state index in [4.69, 9.17) is 10.5 Å². The van der Waals surface area contributed by atoms with Crippen LogP contribution < -0.4 is 11.1 Å². The normalized spacial score (nSPS) is 24.0. The van der Waals surface area contributed by atoms with Crippen molar-refractivity contribution < 1.29 is 4.74 Å². The third-order valence-corrected chi connectivity index (χ3v) is 4.88. The highest BCUT2D eigenvalue weighted by Gasteiger charge is 2.18. The Hall–Kier alpha value is -0.940. The summed E-state index contributed by atoms with van der Waals surface area (Å²) in [7, 11) is 0. The zero-order valence-electron chi connectivity index (χ0n) is 13.5. The first-order chi connectivity index (χ1) is 10.8. The highest BCUT2D eigenvalue weighted by Crippen LogP contribution is 2.18. The Bertz CT molecular complexity index is 459. The number of rotatable bonds is 6. The summed E-state index contributed by atoms with van der Waals surface area (Å²) in [5.41, 5.74) is 9.08. The molecule has 22 heavy (non-hydrogen) atoms. The molecule has 2 heterocycles. The predicted octanol–water partition coefficient (Wildman–Crippen LogP) is 1.88. The summed E-state index contributed by atoms with van der Waals surface area (Å²) < 4.78 is 5.83.